The second kappa shape index (κ2) is 10.8. The molecular formula is C15H12F20O6. The van der Waals surface area contributed by atoms with E-state index in [-0.39, 0.29) is 0 Å². The fourth-order valence-corrected chi connectivity index (χ4v) is 2.73. The Bertz CT molecular complexity index is 823. The Hall–Kier alpha value is -1.64. The molecule has 0 aliphatic carbocycles. The first-order valence-corrected chi connectivity index (χ1v) is 9.25. The third kappa shape index (κ3) is 7.48. The lowest BCUT2D eigenvalue weighted by Crippen LogP contribution is -2.74. The minimum Gasteiger partial charge on any atom is -0.387 e. The molecule has 0 spiro atoms. The van der Waals surface area contributed by atoms with Crippen molar-refractivity contribution in [2.45, 2.75) is 74.6 Å². The number of hydrogen-bond donors (Lipinski definition) is 2. The van der Waals surface area contributed by atoms with Crippen LogP contribution in [0.4, 0.5) is 87.8 Å². The molecule has 0 bridgehead atoms. The van der Waals surface area contributed by atoms with Gasteiger partial charge in [0.2, 0.25) is 0 Å². The summed E-state index contributed by atoms with van der Waals surface area (Å²) in [6, 6.07) is 0. The lowest BCUT2D eigenvalue weighted by molar-refractivity contribution is -0.584. The zero-order valence-corrected chi connectivity index (χ0v) is 19.0. The number of aliphatic hydroxyl groups is 2. The highest BCUT2D eigenvalue weighted by atomic mass is 19.4. The predicted octanol–water partition coefficient (Wildman–Crippen LogP) is 6.08. The largest absolute Gasteiger partial charge is 0.453 e. The van der Waals surface area contributed by atoms with Crippen molar-refractivity contribution < 1.29 is 117 Å². The molecule has 0 aromatic heterocycles. The summed E-state index contributed by atoms with van der Waals surface area (Å²) in [7, 11) is 0. The second-order valence-electron chi connectivity index (χ2n) is 7.63. The van der Waals surface area contributed by atoms with E-state index in [0.717, 1.165) is 0 Å². The first kappa shape index (κ1) is 39.4. The number of hydrogen-bond acceptors (Lipinski definition) is 6. The molecule has 0 amide bonds. The van der Waals surface area contributed by atoms with Gasteiger partial charge in [-0.2, -0.15) is 70.2 Å². The Morgan fingerprint density at radius 2 is 0.561 bits per heavy atom. The summed E-state index contributed by atoms with van der Waals surface area (Å²) >= 11 is 0. The molecule has 6 nitrogen and oxygen atoms in total. The molecule has 0 saturated heterocycles. The van der Waals surface area contributed by atoms with Crippen LogP contribution in [0, 0.1) is 5.41 Å². The van der Waals surface area contributed by atoms with Crippen molar-refractivity contribution in [3.63, 3.8) is 0 Å². The molecule has 0 atom stereocenters. The first-order valence-electron chi connectivity index (χ1n) is 9.25. The van der Waals surface area contributed by atoms with Gasteiger partial charge in [-0.15, -0.1) is 0 Å². The molecule has 248 valence electrons. The summed E-state index contributed by atoms with van der Waals surface area (Å²) in [6.07, 6.45) is -58.4. The summed E-state index contributed by atoms with van der Waals surface area (Å²) in [5.41, 5.74) is -7.92. The fourth-order valence-electron chi connectivity index (χ4n) is 2.73. The van der Waals surface area contributed by atoms with Gasteiger partial charge in [-0.1, -0.05) is 0 Å². The summed E-state index contributed by atoms with van der Waals surface area (Å²) in [5, 5.41) is 16.0. The minimum atomic E-state index is -8.20. The maximum absolute atomic E-state index is 14.5. The first-order chi connectivity index (χ1) is 17.4. The number of alkyl halides is 20. The zero-order valence-electron chi connectivity index (χ0n) is 19.0. The molecule has 26 heteroatoms. The zero-order chi connectivity index (χ0) is 33.7. The van der Waals surface area contributed by atoms with Crippen molar-refractivity contribution in [2.24, 2.45) is 5.41 Å². The van der Waals surface area contributed by atoms with Crippen molar-refractivity contribution in [2.75, 3.05) is 13.2 Å². The highest BCUT2D eigenvalue weighted by Gasteiger charge is 2.92. The Balaban J connectivity index is 7.30. The number of ether oxygens (including phenoxy) is 4. The van der Waals surface area contributed by atoms with E-state index in [1.165, 1.54) is 0 Å². The molecular weight excluding hydrogens is 656 g/mol. The number of aliphatic hydroxyl groups excluding tert-OH is 2. The van der Waals surface area contributed by atoms with Gasteiger partial charge in [0.1, 0.15) is 13.2 Å². The van der Waals surface area contributed by atoms with Gasteiger partial charge in [-0.05, 0) is 0 Å². The summed E-state index contributed by atoms with van der Waals surface area (Å²) in [5.74, 6) is -14.0. The summed E-state index contributed by atoms with van der Waals surface area (Å²) < 4.78 is 280. The standard InChI is InChI=1S/C15H12F20O6/c1-5(16,17)9(6(2,18)19,10(24,25)40-14(32,33)12(28,29)38-7(20,21)3-36)11(26,27)41-15(34,35)13(30,31)39-8(22,23)4-37/h36-37H,3-4H2,1-2H3. The summed E-state index contributed by atoms with van der Waals surface area (Å²) in [4.78, 5) is 0. The van der Waals surface area contributed by atoms with E-state index in [2.05, 4.69) is 0 Å². The Kier molecular flexibility index (Phi) is 10.4. The normalized spacial score (nSPS) is 16.4. The quantitative estimate of drug-likeness (QED) is 0.195. The fraction of sp³-hybridized carbons (Fsp3) is 1.00. The van der Waals surface area contributed by atoms with E-state index in [0.29, 0.717) is 0 Å². The molecule has 0 aliphatic heterocycles. The average Bonchev–Trinajstić information content (AvgIpc) is 2.61. The van der Waals surface area contributed by atoms with Gasteiger partial charge < -0.3 is 10.2 Å². The lowest BCUT2D eigenvalue weighted by atomic mass is 9.73. The highest BCUT2D eigenvalue weighted by Crippen LogP contribution is 2.67. The van der Waals surface area contributed by atoms with E-state index in [9.17, 15) is 87.8 Å². The maximum atomic E-state index is 14.5. The molecule has 2 N–H and O–H groups in total. The van der Waals surface area contributed by atoms with E-state index < -0.39 is 93.2 Å². The molecule has 0 aromatic rings. The van der Waals surface area contributed by atoms with Crippen LogP contribution in [0.1, 0.15) is 13.8 Å². The monoisotopic (exact) mass is 668 g/mol. The van der Waals surface area contributed by atoms with Gasteiger partial charge in [-0.25, -0.2) is 36.5 Å². The Morgan fingerprint density at radius 3 is 0.732 bits per heavy atom. The molecule has 0 saturated carbocycles. The average molecular weight is 668 g/mol. The van der Waals surface area contributed by atoms with E-state index >= 15 is 0 Å². The number of halogens is 20. The van der Waals surface area contributed by atoms with Crippen LogP contribution >= 0.6 is 0 Å². The predicted molar refractivity (Wildman–Crippen MR) is 81.8 cm³/mol. The third-order valence-electron chi connectivity index (χ3n) is 4.30. The van der Waals surface area contributed by atoms with Crippen LogP contribution in [0.25, 0.3) is 0 Å². The van der Waals surface area contributed by atoms with Gasteiger partial charge >= 0.3 is 48.9 Å². The minimum absolute atomic E-state index is 1.59. The van der Waals surface area contributed by atoms with E-state index in [1.807, 2.05) is 9.47 Å². The molecule has 0 rings (SSSR count). The maximum Gasteiger partial charge on any atom is 0.453 e. The van der Waals surface area contributed by atoms with Gasteiger partial charge in [0.25, 0.3) is 17.3 Å². The van der Waals surface area contributed by atoms with Crippen LogP contribution in [0.15, 0.2) is 0 Å². The second-order valence-corrected chi connectivity index (χ2v) is 7.63. The molecule has 0 unspecified atom stereocenters. The smallest absolute Gasteiger partial charge is 0.387 e. The Morgan fingerprint density at radius 1 is 0.366 bits per heavy atom. The lowest BCUT2D eigenvalue weighted by Gasteiger charge is -2.50. The van der Waals surface area contributed by atoms with Crippen molar-refractivity contribution >= 4 is 0 Å². The number of rotatable bonds is 16. The third-order valence-corrected chi connectivity index (χ3v) is 4.30. The van der Waals surface area contributed by atoms with Crippen LogP contribution < -0.4 is 0 Å². The van der Waals surface area contributed by atoms with Crippen LogP contribution in [-0.2, 0) is 18.9 Å². The van der Waals surface area contributed by atoms with Crippen LogP contribution in [0.5, 0.6) is 0 Å². The van der Waals surface area contributed by atoms with E-state index in [4.69, 9.17) is 10.2 Å². The topological polar surface area (TPSA) is 77.4 Å². The van der Waals surface area contributed by atoms with Gasteiger partial charge in [0.15, 0.2) is 0 Å². The summed E-state index contributed by atoms with van der Waals surface area (Å²) in [6.45, 7) is -9.19. The molecule has 41 heavy (non-hydrogen) atoms. The molecule has 0 radical (unpaired) electrons. The van der Waals surface area contributed by atoms with Gasteiger partial charge in [0.05, 0.1) is 0 Å². The van der Waals surface area contributed by atoms with Gasteiger partial charge in [-0.3, -0.25) is 0 Å². The Labute approximate surface area is 211 Å². The molecule has 0 heterocycles. The van der Waals surface area contributed by atoms with Crippen molar-refractivity contribution in [1.82, 2.24) is 0 Å². The molecule has 0 aromatic carbocycles. The molecule has 0 fully saturated rings. The van der Waals surface area contributed by atoms with Crippen LogP contribution in [0.2, 0.25) is 0 Å². The van der Waals surface area contributed by atoms with Gasteiger partial charge in [0, 0.05) is 13.8 Å². The molecule has 0 aliphatic rings. The van der Waals surface area contributed by atoms with Crippen molar-refractivity contribution in [3.05, 3.63) is 0 Å². The van der Waals surface area contributed by atoms with Crippen molar-refractivity contribution in [1.29, 1.82) is 0 Å². The SMILES string of the molecule is CC(F)(F)C(C(C)(F)F)(C(F)(F)OC(F)(F)C(F)(F)OC(F)(F)CO)C(F)(F)OC(F)(F)C(F)(F)OC(F)(F)CO. The van der Waals surface area contributed by atoms with Crippen LogP contribution in [-0.4, -0.2) is 84.1 Å². The van der Waals surface area contributed by atoms with Crippen LogP contribution in [0.3, 0.4) is 0 Å². The van der Waals surface area contributed by atoms with Crippen molar-refractivity contribution in [3.8, 4) is 0 Å². The van der Waals surface area contributed by atoms with E-state index in [1.54, 1.807) is 9.47 Å². The highest BCUT2D eigenvalue weighted by molar-refractivity contribution is 5.10.